The lowest BCUT2D eigenvalue weighted by atomic mass is 10.0. The summed E-state index contributed by atoms with van der Waals surface area (Å²) in [6.07, 6.45) is 2.58. The highest BCUT2D eigenvalue weighted by molar-refractivity contribution is 7.90. The minimum absolute atomic E-state index is 0.201. The molecule has 0 spiro atoms. The maximum atomic E-state index is 11.7. The Labute approximate surface area is 108 Å². The average molecular weight is 269 g/mol. The second kappa shape index (κ2) is 5.52. The Hall–Kier alpha value is -1.36. The minimum atomic E-state index is -3.28. The van der Waals surface area contributed by atoms with Crippen LogP contribution in [0.25, 0.3) is 0 Å². The molecule has 0 aliphatic carbocycles. The van der Waals surface area contributed by atoms with Crippen molar-refractivity contribution in [3.8, 4) is 0 Å². The Bertz CT molecular complexity index is 562. The van der Waals surface area contributed by atoms with Gasteiger partial charge >= 0.3 is 0 Å². The van der Waals surface area contributed by atoms with Crippen LogP contribution in [0.3, 0.4) is 0 Å². The van der Waals surface area contributed by atoms with E-state index in [4.69, 9.17) is 0 Å². The van der Waals surface area contributed by atoms with Crippen LogP contribution in [0.2, 0.25) is 0 Å². The van der Waals surface area contributed by atoms with E-state index in [1.807, 2.05) is 19.9 Å². The van der Waals surface area contributed by atoms with Gasteiger partial charge in [-0.3, -0.25) is 4.79 Å². The normalized spacial score (nSPS) is 11.3. The van der Waals surface area contributed by atoms with Crippen LogP contribution in [0.1, 0.15) is 31.9 Å². The van der Waals surface area contributed by atoms with Crippen molar-refractivity contribution >= 4 is 21.4 Å². The number of benzene rings is 1. The van der Waals surface area contributed by atoms with Crippen molar-refractivity contribution in [2.75, 3.05) is 11.6 Å². The number of sulfone groups is 1. The van der Waals surface area contributed by atoms with Crippen molar-refractivity contribution in [1.82, 2.24) is 0 Å². The molecule has 1 rings (SSSR count). The van der Waals surface area contributed by atoms with Crippen LogP contribution in [0.15, 0.2) is 17.0 Å². The summed E-state index contributed by atoms with van der Waals surface area (Å²) in [5.74, 6) is -0.201. The van der Waals surface area contributed by atoms with E-state index in [-0.39, 0.29) is 5.91 Å². The van der Waals surface area contributed by atoms with E-state index in [1.54, 1.807) is 6.07 Å². The Morgan fingerprint density at radius 2 is 1.72 bits per heavy atom. The molecule has 100 valence electrons. The number of carbonyl (C=O) groups excluding carboxylic acids is 1. The zero-order valence-corrected chi connectivity index (χ0v) is 12.0. The molecule has 0 saturated carbocycles. The van der Waals surface area contributed by atoms with Gasteiger partial charge in [0.2, 0.25) is 5.91 Å². The molecule has 0 unspecified atom stereocenters. The van der Waals surface area contributed by atoms with Crippen LogP contribution < -0.4 is 5.32 Å². The van der Waals surface area contributed by atoms with Crippen molar-refractivity contribution in [3.05, 3.63) is 23.3 Å². The van der Waals surface area contributed by atoms with Gasteiger partial charge in [0.15, 0.2) is 9.84 Å². The first-order chi connectivity index (χ1) is 8.29. The van der Waals surface area contributed by atoms with Crippen molar-refractivity contribution in [2.24, 2.45) is 0 Å². The Kier molecular flexibility index (Phi) is 4.51. The first kappa shape index (κ1) is 14.7. The molecular formula is C13H19NO3S. The molecule has 0 aliphatic rings. The van der Waals surface area contributed by atoms with Crippen molar-refractivity contribution in [1.29, 1.82) is 0 Å². The first-order valence-corrected chi connectivity index (χ1v) is 7.82. The number of rotatable bonds is 4. The summed E-state index contributed by atoms with van der Waals surface area (Å²) in [7, 11) is -3.28. The van der Waals surface area contributed by atoms with E-state index in [0.29, 0.717) is 17.0 Å². The highest BCUT2D eigenvalue weighted by Gasteiger charge is 2.16. The van der Waals surface area contributed by atoms with Crippen molar-refractivity contribution < 1.29 is 13.2 Å². The van der Waals surface area contributed by atoms with Crippen LogP contribution in [-0.4, -0.2) is 20.6 Å². The molecule has 1 aromatic carbocycles. The van der Waals surface area contributed by atoms with Crippen LogP contribution in [0, 0.1) is 0 Å². The second-order valence-corrected chi connectivity index (χ2v) is 6.26. The van der Waals surface area contributed by atoms with Gasteiger partial charge in [-0.25, -0.2) is 8.42 Å². The van der Waals surface area contributed by atoms with E-state index >= 15 is 0 Å². The highest BCUT2D eigenvalue weighted by atomic mass is 32.2. The Morgan fingerprint density at radius 1 is 1.17 bits per heavy atom. The summed E-state index contributed by atoms with van der Waals surface area (Å²) in [5.41, 5.74) is 2.33. The summed E-state index contributed by atoms with van der Waals surface area (Å²) in [5, 5.41) is 2.68. The highest BCUT2D eigenvalue weighted by Crippen LogP contribution is 2.26. The molecule has 1 amide bonds. The third kappa shape index (κ3) is 3.32. The smallest absolute Gasteiger partial charge is 0.221 e. The van der Waals surface area contributed by atoms with Crippen LogP contribution >= 0.6 is 0 Å². The monoisotopic (exact) mass is 269 g/mol. The quantitative estimate of drug-likeness (QED) is 0.911. The zero-order chi connectivity index (χ0) is 13.9. The molecule has 0 heterocycles. The third-order valence-electron chi connectivity index (χ3n) is 2.76. The van der Waals surface area contributed by atoms with Crippen LogP contribution in [0.4, 0.5) is 5.69 Å². The summed E-state index contributed by atoms with van der Waals surface area (Å²) < 4.78 is 23.5. The molecule has 0 radical (unpaired) electrons. The summed E-state index contributed by atoms with van der Waals surface area (Å²) in [4.78, 5) is 11.4. The predicted molar refractivity (Wildman–Crippen MR) is 72.6 cm³/mol. The molecule has 0 aromatic heterocycles. The van der Waals surface area contributed by atoms with Gasteiger partial charge in [0.05, 0.1) is 4.90 Å². The Morgan fingerprint density at radius 3 is 2.11 bits per heavy atom. The van der Waals surface area contributed by atoms with Gasteiger partial charge in [0.1, 0.15) is 0 Å². The number of hydrogen-bond acceptors (Lipinski definition) is 3. The Balaban J connectivity index is 3.48. The fourth-order valence-corrected chi connectivity index (χ4v) is 2.91. The summed E-state index contributed by atoms with van der Waals surface area (Å²) >= 11 is 0. The van der Waals surface area contributed by atoms with Crippen LogP contribution in [-0.2, 0) is 27.5 Å². The molecule has 18 heavy (non-hydrogen) atoms. The lowest BCUT2D eigenvalue weighted by Crippen LogP contribution is -2.11. The molecule has 1 N–H and O–H groups in total. The number of carbonyl (C=O) groups is 1. The van der Waals surface area contributed by atoms with E-state index < -0.39 is 9.84 Å². The van der Waals surface area contributed by atoms with Crippen LogP contribution in [0.5, 0.6) is 0 Å². The molecule has 0 aliphatic heterocycles. The molecule has 5 heteroatoms. The molecule has 1 aromatic rings. The van der Waals surface area contributed by atoms with Gasteiger partial charge < -0.3 is 5.32 Å². The minimum Gasteiger partial charge on any atom is -0.326 e. The number of amides is 1. The summed E-state index contributed by atoms with van der Waals surface area (Å²) in [6, 6.07) is 3.43. The number of hydrogen-bond donors (Lipinski definition) is 1. The lowest BCUT2D eigenvalue weighted by Gasteiger charge is -2.14. The van der Waals surface area contributed by atoms with Gasteiger partial charge in [0, 0.05) is 18.9 Å². The summed E-state index contributed by atoms with van der Waals surface area (Å²) in [6.45, 7) is 5.30. The molecule has 0 atom stereocenters. The SMILES string of the molecule is CCc1cc(CC)c(S(C)(=O)=O)cc1NC(C)=O. The number of aryl methyl sites for hydroxylation is 2. The van der Waals surface area contributed by atoms with E-state index in [9.17, 15) is 13.2 Å². The molecule has 4 nitrogen and oxygen atoms in total. The number of nitrogens with one attached hydrogen (secondary N) is 1. The zero-order valence-electron chi connectivity index (χ0n) is 11.2. The first-order valence-electron chi connectivity index (χ1n) is 5.93. The molecular weight excluding hydrogens is 250 g/mol. The standard InChI is InChI=1S/C13H19NO3S/c1-5-10-7-11(6-2)13(18(4,16)17)8-12(10)14-9(3)15/h7-8H,5-6H2,1-4H3,(H,14,15). The fourth-order valence-electron chi connectivity index (χ4n) is 1.90. The van der Waals surface area contributed by atoms with Gasteiger partial charge in [0.25, 0.3) is 0 Å². The topological polar surface area (TPSA) is 63.2 Å². The van der Waals surface area contributed by atoms with Gasteiger partial charge in [-0.1, -0.05) is 19.9 Å². The maximum absolute atomic E-state index is 11.7. The molecule has 0 saturated heterocycles. The van der Waals surface area contributed by atoms with Crippen molar-refractivity contribution in [2.45, 2.75) is 38.5 Å². The van der Waals surface area contributed by atoms with E-state index in [0.717, 1.165) is 17.5 Å². The fraction of sp³-hybridized carbons (Fsp3) is 0.462. The van der Waals surface area contributed by atoms with Gasteiger partial charge in [-0.15, -0.1) is 0 Å². The van der Waals surface area contributed by atoms with Gasteiger partial charge in [-0.2, -0.15) is 0 Å². The average Bonchev–Trinajstić information content (AvgIpc) is 2.26. The largest absolute Gasteiger partial charge is 0.326 e. The lowest BCUT2D eigenvalue weighted by molar-refractivity contribution is -0.114. The third-order valence-corrected chi connectivity index (χ3v) is 3.94. The number of anilines is 1. The molecule has 0 bridgehead atoms. The van der Waals surface area contributed by atoms with E-state index in [1.165, 1.54) is 13.2 Å². The second-order valence-electron chi connectivity index (χ2n) is 4.28. The van der Waals surface area contributed by atoms with Crippen molar-refractivity contribution in [3.63, 3.8) is 0 Å². The van der Waals surface area contributed by atoms with Gasteiger partial charge in [-0.05, 0) is 30.0 Å². The maximum Gasteiger partial charge on any atom is 0.221 e. The predicted octanol–water partition coefficient (Wildman–Crippen LogP) is 2.17. The van der Waals surface area contributed by atoms with E-state index in [2.05, 4.69) is 5.32 Å². The molecule has 0 fully saturated rings.